The quantitative estimate of drug-likeness (QED) is 0.173. The molecule has 2 nitrogen and oxygen atoms in total. The molecule has 3 aromatic heterocycles. The van der Waals surface area contributed by atoms with Crippen LogP contribution in [0.1, 0.15) is 87.9 Å². The van der Waals surface area contributed by atoms with E-state index in [1.165, 1.54) is 48.5 Å². The SMILES string of the molecule is CC1(C)C2=CC=C(C(C)(C)c3ccc([nH]3)C(C)(C)c3ccc(s3)C(C)(C)c3ccc1[nH]3)[P+]2([S-])c1ccccc1. The largest absolute Gasteiger partial charge is 0.541 e. The second-order valence-corrected chi connectivity index (χ2v) is 18.7. The molecule has 0 saturated heterocycles. The highest BCUT2D eigenvalue weighted by atomic mass is 32.7. The molecule has 0 unspecified atom stereocenters. The summed E-state index contributed by atoms with van der Waals surface area (Å²) in [5.41, 5.74) is 4.14. The highest BCUT2D eigenvalue weighted by molar-refractivity contribution is 8.48. The minimum Gasteiger partial charge on any atom is -0.541 e. The van der Waals surface area contributed by atoms with Crippen LogP contribution in [0.2, 0.25) is 0 Å². The molecule has 0 saturated carbocycles. The van der Waals surface area contributed by atoms with E-state index in [4.69, 9.17) is 12.2 Å². The maximum atomic E-state index is 6.94. The highest BCUT2D eigenvalue weighted by Crippen LogP contribution is 2.78. The third-order valence-electron chi connectivity index (χ3n) is 9.38. The average Bonchev–Trinajstić information content (AvgIpc) is 3.69. The van der Waals surface area contributed by atoms with Crippen molar-refractivity contribution >= 4 is 35.4 Å². The second-order valence-electron chi connectivity index (χ2n) is 13.3. The maximum Gasteiger partial charge on any atom is 0.0823 e. The summed E-state index contributed by atoms with van der Waals surface area (Å²) in [5.74, 6) is 0. The third kappa shape index (κ3) is 3.78. The number of aromatic amines is 2. The van der Waals surface area contributed by atoms with Gasteiger partial charge in [0.15, 0.2) is 0 Å². The standard InChI is InChI=1S/C34H39N2PS2/c1-31(2)23-14-16-25(35-23)33(5,6)29-20-21-30(39-29)34(7,8)26-17-15-24(36-26)32(3,4)28-19-18-27(31)37(28,38)22-12-10-9-11-13-22/h9-21,35-36H,1-8H3. The molecule has 2 aliphatic heterocycles. The minimum atomic E-state index is -2.30. The number of nitrogens with one attached hydrogen (secondary N) is 2. The fraction of sp³-hybridized carbons (Fsp3) is 0.353. The van der Waals surface area contributed by atoms with Crippen molar-refractivity contribution in [2.24, 2.45) is 0 Å². The number of hydrogen-bond donors (Lipinski definition) is 2. The number of rotatable bonds is 1. The molecule has 5 heterocycles. The molecule has 0 spiro atoms. The Labute approximate surface area is 243 Å². The summed E-state index contributed by atoms with van der Waals surface area (Å²) in [4.78, 5) is 10.5. The van der Waals surface area contributed by atoms with Crippen molar-refractivity contribution in [3.05, 3.63) is 122 Å². The lowest BCUT2D eigenvalue weighted by molar-refractivity contribution is 0.598. The van der Waals surface area contributed by atoms with Crippen LogP contribution in [-0.4, -0.2) is 9.97 Å². The number of H-pyrrole nitrogens is 2. The Kier molecular flexibility index (Phi) is 5.95. The molecule has 0 aliphatic carbocycles. The Hall–Kier alpha value is -2.26. The van der Waals surface area contributed by atoms with Gasteiger partial charge in [0.05, 0.1) is 26.8 Å². The average molecular weight is 571 g/mol. The van der Waals surface area contributed by atoms with Crippen LogP contribution in [0.4, 0.5) is 0 Å². The zero-order chi connectivity index (χ0) is 28.0. The van der Waals surface area contributed by atoms with Gasteiger partial charge in [0, 0.05) is 43.4 Å². The molecule has 0 radical (unpaired) electrons. The van der Waals surface area contributed by atoms with Crippen LogP contribution in [0.3, 0.4) is 0 Å². The van der Waals surface area contributed by atoms with Crippen LogP contribution in [0.5, 0.6) is 0 Å². The van der Waals surface area contributed by atoms with Gasteiger partial charge in [-0.1, -0.05) is 18.2 Å². The summed E-state index contributed by atoms with van der Waals surface area (Å²) in [5, 5.41) is 3.97. The fourth-order valence-corrected chi connectivity index (χ4v) is 13.5. The van der Waals surface area contributed by atoms with Crippen LogP contribution in [-0.2, 0) is 33.9 Å². The predicted octanol–water partition coefficient (Wildman–Crippen LogP) is 9.21. The predicted molar refractivity (Wildman–Crippen MR) is 173 cm³/mol. The van der Waals surface area contributed by atoms with Gasteiger partial charge in [-0.25, -0.2) is 0 Å². The highest BCUT2D eigenvalue weighted by Gasteiger charge is 2.52. The topological polar surface area (TPSA) is 31.6 Å². The van der Waals surface area contributed by atoms with Gasteiger partial charge in [0.1, 0.15) is 0 Å². The number of aromatic nitrogens is 2. The first kappa shape index (κ1) is 26.9. The summed E-state index contributed by atoms with van der Waals surface area (Å²) in [6, 6.07) is 24.7. The molecule has 4 aromatic rings. The van der Waals surface area contributed by atoms with Crippen molar-refractivity contribution in [2.45, 2.75) is 77.0 Å². The Morgan fingerprint density at radius 1 is 0.538 bits per heavy atom. The van der Waals surface area contributed by atoms with E-state index in [0.29, 0.717) is 0 Å². The zero-order valence-electron chi connectivity index (χ0n) is 24.3. The molecule has 8 bridgehead atoms. The first-order valence-electron chi connectivity index (χ1n) is 13.8. The maximum absolute atomic E-state index is 6.94. The first-order chi connectivity index (χ1) is 18.2. The summed E-state index contributed by atoms with van der Waals surface area (Å²) in [6.45, 7) is 16.4. The first-order valence-corrected chi connectivity index (χ1v) is 17.4. The van der Waals surface area contributed by atoms with Gasteiger partial charge < -0.3 is 22.2 Å². The molecule has 202 valence electrons. The molecule has 1 aromatic carbocycles. The van der Waals surface area contributed by atoms with E-state index in [1.54, 1.807) is 0 Å². The van der Waals surface area contributed by atoms with Crippen molar-refractivity contribution < 1.29 is 0 Å². The Morgan fingerprint density at radius 2 is 0.923 bits per heavy atom. The van der Waals surface area contributed by atoms with Crippen LogP contribution >= 0.6 is 17.8 Å². The van der Waals surface area contributed by atoms with E-state index < -0.39 is 6.46 Å². The van der Waals surface area contributed by atoms with Crippen LogP contribution in [0, 0.1) is 0 Å². The van der Waals surface area contributed by atoms with E-state index in [-0.39, 0.29) is 21.7 Å². The van der Waals surface area contributed by atoms with Crippen molar-refractivity contribution in [3.63, 3.8) is 0 Å². The minimum absolute atomic E-state index is 0.139. The van der Waals surface area contributed by atoms with E-state index in [9.17, 15) is 0 Å². The molecule has 0 fully saturated rings. The van der Waals surface area contributed by atoms with Gasteiger partial charge in [-0.05, 0) is 123 Å². The molecule has 5 heteroatoms. The van der Waals surface area contributed by atoms with E-state index in [0.717, 1.165) is 0 Å². The lowest BCUT2D eigenvalue weighted by Crippen LogP contribution is -2.30. The van der Waals surface area contributed by atoms with E-state index in [2.05, 4.69) is 144 Å². The van der Waals surface area contributed by atoms with Crippen molar-refractivity contribution in [2.75, 3.05) is 0 Å². The van der Waals surface area contributed by atoms with E-state index in [1.807, 2.05) is 11.3 Å². The Balaban J connectivity index is 1.64. The van der Waals surface area contributed by atoms with Crippen LogP contribution < -0.4 is 5.30 Å². The fourth-order valence-electron chi connectivity index (χ4n) is 6.42. The number of thiophene rings is 1. The molecule has 6 rings (SSSR count). The van der Waals surface area contributed by atoms with Gasteiger partial charge in [0.25, 0.3) is 0 Å². The molecule has 2 N–H and O–H groups in total. The molecule has 39 heavy (non-hydrogen) atoms. The second kappa shape index (κ2) is 8.62. The summed E-state index contributed by atoms with van der Waals surface area (Å²) in [6.07, 6.45) is 4.71. The van der Waals surface area contributed by atoms with Gasteiger partial charge in [-0.3, -0.25) is 0 Å². The lowest BCUT2D eigenvalue weighted by atomic mass is 9.86. The van der Waals surface area contributed by atoms with Gasteiger partial charge in [-0.2, -0.15) is 0 Å². The zero-order valence-corrected chi connectivity index (χ0v) is 26.8. The van der Waals surface area contributed by atoms with Gasteiger partial charge >= 0.3 is 0 Å². The van der Waals surface area contributed by atoms with Crippen molar-refractivity contribution in [1.82, 2.24) is 9.97 Å². The smallest absolute Gasteiger partial charge is 0.0823 e. The van der Waals surface area contributed by atoms with Gasteiger partial charge in [0.2, 0.25) is 0 Å². The Morgan fingerprint density at radius 3 is 1.33 bits per heavy atom. The summed E-state index contributed by atoms with van der Waals surface area (Å²) >= 11 is 8.87. The molecule has 2 aliphatic rings. The number of hydrogen-bond acceptors (Lipinski definition) is 2. The van der Waals surface area contributed by atoms with Crippen LogP contribution in [0.15, 0.2) is 89.5 Å². The van der Waals surface area contributed by atoms with Crippen LogP contribution in [0.25, 0.3) is 0 Å². The molecular weight excluding hydrogens is 531 g/mol. The molecule has 0 amide bonds. The lowest BCUT2D eigenvalue weighted by Gasteiger charge is -2.44. The van der Waals surface area contributed by atoms with E-state index >= 15 is 0 Å². The van der Waals surface area contributed by atoms with Crippen molar-refractivity contribution in [3.8, 4) is 0 Å². The van der Waals surface area contributed by atoms with Crippen molar-refractivity contribution in [1.29, 1.82) is 0 Å². The monoisotopic (exact) mass is 570 g/mol. The number of fused-ring (bicyclic) bond motifs is 8. The normalized spacial score (nSPS) is 21.8. The molecular formula is C34H39N2PS2. The number of allylic oxidation sites excluding steroid dienone is 4. The van der Waals surface area contributed by atoms with Gasteiger partial charge in [-0.15, -0.1) is 11.3 Å². The summed E-state index contributed by atoms with van der Waals surface area (Å²) < 4.78 is 0. The molecule has 0 atom stereocenters. The Bertz CT molecular complexity index is 1520. The number of benzene rings is 1. The third-order valence-corrected chi connectivity index (χ3v) is 16.7. The summed E-state index contributed by atoms with van der Waals surface area (Å²) in [7, 11) is 0.